The number of aromatic amines is 1. The van der Waals surface area contributed by atoms with Crippen molar-refractivity contribution >= 4 is 23.1 Å². The Morgan fingerprint density at radius 1 is 1.42 bits per heavy atom. The van der Waals surface area contributed by atoms with Crippen molar-refractivity contribution in [3.8, 4) is 0 Å². The Morgan fingerprint density at radius 2 is 2.26 bits per heavy atom. The Morgan fingerprint density at radius 3 is 3.11 bits per heavy atom. The number of hydrogen-bond donors (Lipinski definition) is 2. The average Bonchev–Trinajstić information content (AvgIpc) is 2.79. The maximum Gasteiger partial charge on any atom is 0.364 e. The van der Waals surface area contributed by atoms with E-state index in [1.165, 1.54) is 17.4 Å². The zero-order valence-corrected chi connectivity index (χ0v) is 11.2. The van der Waals surface area contributed by atoms with Crippen LogP contribution in [0.4, 0.5) is 5.82 Å². The van der Waals surface area contributed by atoms with E-state index >= 15 is 0 Å². The van der Waals surface area contributed by atoms with Crippen LogP contribution in [0.3, 0.4) is 0 Å². The molecule has 2 atom stereocenters. The first kappa shape index (κ1) is 12.5. The smallest absolute Gasteiger partial charge is 0.364 e. The summed E-state index contributed by atoms with van der Waals surface area (Å²) >= 11 is 6.32. The quantitative estimate of drug-likeness (QED) is 0.839. The number of halogens is 1. The molecule has 1 aliphatic carbocycles. The predicted octanol–water partition coefficient (Wildman–Crippen LogP) is 1.63. The molecule has 0 bridgehead atoms. The van der Waals surface area contributed by atoms with E-state index in [1.54, 1.807) is 6.07 Å². The Hall–Kier alpha value is -1.56. The SMILES string of the molecule is O=c1[nH]nc2ccc(NCC3CCCCC3Cl)nn12. The Bertz CT molecular complexity index is 622. The van der Waals surface area contributed by atoms with Crippen molar-refractivity contribution in [3.05, 3.63) is 22.6 Å². The molecule has 0 aromatic carbocycles. The van der Waals surface area contributed by atoms with Gasteiger partial charge in [-0.3, -0.25) is 0 Å². The van der Waals surface area contributed by atoms with Gasteiger partial charge >= 0.3 is 5.69 Å². The van der Waals surface area contributed by atoms with Gasteiger partial charge in [-0.2, -0.15) is 9.61 Å². The van der Waals surface area contributed by atoms with E-state index in [0.717, 1.165) is 19.4 Å². The van der Waals surface area contributed by atoms with Crippen molar-refractivity contribution in [3.63, 3.8) is 0 Å². The van der Waals surface area contributed by atoms with E-state index < -0.39 is 0 Å². The van der Waals surface area contributed by atoms with E-state index in [-0.39, 0.29) is 11.1 Å². The molecule has 3 rings (SSSR count). The van der Waals surface area contributed by atoms with Crippen LogP contribution in [0.5, 0.6) is 0 Å². The number of anilines is 1. The number of nitrogens with one attached hydrogen (secondary N) is 2. The Kier molecular flexibility index (Phi) is 3.42. The fourth-order valence-electron chi connectivity index (χ4n) is 2.53. The number of H-pyrrole nitrogens is 1. The summed E-state index contributed by atoms with van der Waals surface area (Å²) in [5.74, 6) is 1.14. The number of nitrogens with zero attached hydrogens (tertiary/aromatic N) is 3. The highest BCUT2D eigenvalue weighted by molar-refractivity contribution is 6.20. The molecule has 0 radical (unpaired) electrons. The van der Waals surface area contributed by atoms with Gasteiger partial charge in [0.2, 0.25) is 0 Å². The van der Waals surface area contributed by atoms with Crippen LogP contribution < -0.4 is 11.0 Å². The summed E-state index contributed by atoms with van der Waals surface area (Å²) in [6.07, 6.45) is 4.69. The van der Waals surface area contributed by atoms with Crippen LogP contribution in [-0.2, 0) is 0 Å². The molecule has 1 aliphatic rings. The second-order valence-corrected chi connectivity index (χ2v) is 5.52. The number of hydrogen-bond acceptors (Lipinski definition) is 4. The van der Waals surface area contributed by atoms with Gasteiger partial charge in [-0.15, -0.1) is 16.7 Å². The molecule has 2 heterocycles. The van der Waals surface area contributed by atoms with Crippen LogP contribution in [0.15, 0.2) is 16.9 Å². The van der Waals surface area contributed by atoms with Gasteiger partial charge in [0.1, 0.15) is 5.82 Å². The van der Waals surface area contributed by atoms with Crippen molar-refractivity contribution in [1.29, 1.82) is 0 Å². The fraction of sp³-hybridized carbons (Fsp3) is 0.583. The monoisotopic (exact) mass is 281 g/mol. The van der Waals surface area contributed by atoms with Crippen molar-refractivity contribution in [1.82, 2.24) is 19.8 Å². The van der Waals surface area contributed by atoms with Gasteiger partial charge in [-0.05, 0) is 30.9 Å². The van der Waals surface area contributed by atoms with Gasteiger partial charge in [0, 0.05) is 11.9 Å². The van der Waals surface area contributed by atoms with E-state index in [0.29, 0.717) is 17.4 Å². The average molecular weight is 282 g/mol. The topological polar surface area (TPSA) is 75.1 Å². The van der Waals surface area contributed by atoms with Gasteiger partial charge in [0.25, 0.3) is 0 Å². The third kappa shape index (κ3) is 2.58. The number of rotatable bonds is 3. The van der Waals surface area contributed by atoms with Crippen molar-refractivity contribution in [2.45, 2.75) is 31.1 Å². The number of fused-ring (bicyclic) bond motifs is 1. The molecule has 2 N–H and O–H groups in total. The fourth-order valence-corrected chi connectivity index (χ4v) is 2.89. The molecule has 0 aliphatic heterocycles. The third-order valence-corrected chi connectivity index (χ3v) is 4.21. The molecule has 0 saturated heterocycles. The Balaban J connectivity index is 1.71. The normalized spacial score (nSPS) is 23.6. The van der Waals surface area contributed by atoms with Gasteiger partial charge in [-0.25, -0.2) is 9.89 Å². The van der Waals surface area contributed by atoms with Crippen molar-refractivity contribution < 1.29 is 0 Å². The van der Waals surface area contributed by atoms with Crippen molar-refractivity contribution in [2.24, 2.45) is 5.92 Å². The molecule has 1 fully saturated rings. The summed E-state index contributed by atoms with van der Waals surface area (Å²) in [6, 6.07) is 3.58. The summed E-state index contributed by atoms with van der Waals surface area (Å²) in [6.45, 7) is 0.791. The van der Waals surface area contributed by atoms with Gasteiger partial charge in [-0.1, -0.05) is 12.8 Å². The zero-order chi connectivity index (χ0) is 13.2. The second-order valence-electron chi connectivity index (χ2n) is 4.96. The maximum atomic E-state index is 11.4. The highest BCUT2D eigenvalue weighted by Gasteiger charge is 2.22. The summed E-state index contributed by atoms with van der Waals surface area (Å²) in [7, 11) is 0. The molecule has 2 aromatic rings. The van der Waals surface area contributed by atoms with Crippen LogP contribution >= 0.6 is 11.6 Å². The molecular weight excluding hydrogens is 266 g/mol. The molecule has 1 saturated carbocycles. The van der Waals surface area contributed by atoms with Crippen LogP contribution in [0.1, 0.15) is 25.7 Å². The van der Waals surface area contributed by atoms with E-state index in [9.17, 15) is 4.79 Å². The van der Waals surface area contributed by atoms with Crippen LogP contribution in [0.25, 0.3) is 5.65 Å². The van der Waals surface area contributed by atoms with Gasteiger partial charge < -0.3 is 5.32 Å². The lowest BCUT2D eigenvalue weighted by atomic mass is 9.89. The molecule has 7 heteroatoms. The number of alkyl halides is 1. The summed E-state index contributed by atoms with van der Waals surface area (Å²) in [5.41, 5.74) is 0.190. The predicted molar refractivity (Wildman–Crippen MR) is 73.7 cm³/mol. The first-order valence-electron chi connectivity index (χ1n) is 6.56. The molecule has 2 aromatic heterocycles. The summed E-state index contributed by atoms with van der Waals surface area (Å²) in [4.78, 5) is 11.4. The van der Waals surface area contributed by atoms with Crippen molar-refractivity contribution in [2.75, 3.05) is 11.9 Å². The molecular formula is C12H16ClN5O. The first-order valence-corrected chi connectivity index (χ1v) is 7.00. The van der Waals surface area contributed by atoms with Crippen LogP contribution in [0.2, 0.25) is 0 Å². The molecule has 0 spiro atoms. The summed E-state index contributed by atoms with van der Waals surface area (Å²) < 4.78 is 1.25. The van der Waals surface area contributed by atoms with E-state index in [1.807, 2.05) is 6.07 Å². The lowest BCUT2D eigenvalue weighted by molar-refractivity contribution is 0.380. The first-order chi connectivity index (χ1) is 9.24. The van der Waals surface area contributed by atoms with E-state index in [2.05, 4.69) is 20.6 Å². The maximum absolute atomic E-state index is 11.4. The highest BCUT2D eigenvalue weighted by Crippen LogP contribution is 2.28. The minimum absolute atomic E-state index is 0.238. The third-order valence-electron chi connectivity index (χ3n) is 3.64. The lowest BCUT2D eigenvalue weighted by Crippen LogP contribution is -2.27. The standard InChI is InChI=1S/C12H16ClN5O/c13-9-4-2-1-3-8(9)7-14-10-5-6-11-15-16-12(19)18(11)17-10/h5-6,8-9H,1-4,7H2,(H,14,17)(H,16,19). The highest BCUT2D eigenvalue weighted by atomic mass is 35.5. The van der Waals surface area contributed by atoms with Crippen LogP contribution in [0, 0.1) is 5.92 Å². The van der Waals surface area contributed by atoms with E-state index in [4.69, 9.17) is 11.6 Å². The second kappa shape index (κ2) is 5.21. The van der Waals surface area contributed by atoms with Crippen LogP contribution in [-0.4, -0.2) is 31.7 Å². The van der Waals surface area contributed by atoms with Gasteiger partial charge in [0.05, 0.1) is 0 Å². The minimum Gasteiger partial charge on any atom is -0.368 e. The molecule has 102 valence electrons. The molecule has 0 amide bonds. The molecule has 2 unspecified atom stereocenters. The number of aromatic nitrogens is 4. The Labute approximate surface area is 115 Å². The lowest BCUT2D eigenvalue weighted by Gasteiger charge is -2.27. The minimum atomic E-state index is -0.327. The molecule has 6 nitrogen and oxygen atoms in total. The largest absolute Gasteiger partial charge is 0.368 e. The molecule has 19 heavy (non-hydrogen) atoms. The zero-order valence-electron chi connectivity index (χ0n) is 10.5. The summed E-state index contributed by atoms with van der Waals surface area (Å²) in [5, 5.41) is 13.9. The van der Waals surface area contributed by atoms with Gasteiger partial charge in [0.15, 0.2) is 5.65 Å².